The van der Waals surface area contributed by atoms with Gasteiger partial charge in [0.25, 0.3) is 11.5 Å². The molecule has 3 aromatic heterocycles. The number of fused-ring (bicyclic) bond motifs is 4. The summed E-state index contributed by atoms with van der Waals surface area (Å²) in [6.07, 6.45) is 8.96. The topological polar surface area (TPSA) is 108 Å². The smallest absolute Gasteiger partial charge is 0.267 e. The van der Waals surface area contributed by atoms with Gasteiger partial charge in [-0.25, -0.2) is 26.9 Å². The van der Waals surface area contributed by atoms with Crippen molar-refractivity contribution < 1.29 is 22.0 Å². The van der Waals surface area contributed by atoms with Gasteiger partial charge in [0.05, 0.1) is 34.8 Å². The second-order valence-corrected chi connectivity index (χ2v) is 19.5. The first-order valence-electron chi connectivity index (χ1n) is 23.2. The molecule has 1 saturated carbocycles. The third-order valence-electron chi connectivity index (χ3n) is 14.4. The van der Waals surface area contributed by atoms with E-state index in [-0.39, 0.29) is 63.0 Å². The third kappa shape index (κ3) is 8.87. The summed E-state index contributed by atoms with van der Waals surface area (Å²) in [7, 11) is 3.21. The average molecular weight is 934 g/mol. The highest BCUT2D eigenvalue weighted by Gasteiger charge is 2.40. The molecular formula is C49H58ClF5N10O. The summed E-state index contributed by atoms with van der Waals surface area (Å²) >= 11 is 6.56. The standard InChI is InChI=1S/C46H52ClF5N10O.C3H6/c1-23-21-62(45-53-20-33(47)43(57-45)56-36-18-31-37(19-34(36)48)59(5)44(63)30-9-13-46(51,52)26(4)55-40(30)31)16-12-28(23)22-61-14-10-27(11-15-61)38-35(49)17-32-41(58-60(6)42(32)39(38)50)29-8-7-24(2)54-25(29)3;1-2-3-1/h17-20,23,26-29,54-55H,2-3,7-16,21-22H2,1,4-6H3,(H,53,56,57);1-3H2. The predicted octanol–water partition coefficient (Wildman–Crippen LogP) is 10.4. The van der Waals surface area contributed by atoms with E-state index in [1.54, 1.807) is 7.05 Å². The molecule has 4 unspecified atom stereocenters. The Morgan fingerprint density at radius 2 is 1.70 bits per heavy atom. The minimum atomic E-state index is -3.04. The molecule has 1 aliphatic carbocycles. The van der Waals surface area contributed by atoms with Gasteiger partial charge in [0.2, 0.25) is 5.95 Å². The molecule has 5 aliphatic rings. The van der Waals surface area contributed by atoms with Gasteiger partial charge < -0.3 is 30.3 Å². The number of pyridine rings is 1. The highest BCUT2D eigenvalue weighted by Crippen LogP contribution is 2.42. The van der Waals surface area contributed by atoms with E-state index in [4.69, 9.17) is 16.6 Å². The van der Waals surface area contributed by atoms with Crippen molar-refractivity contribution in [2.45, 2.75) is 102 Å². The summed E-state index contributed by atoms with van der Waals surface area (Å²) in [5, 5.41) is 14.8. The molecule has 3 N–H and O–H groups in total. The van der Waals surface area contributed by atoms with E-state index < -0.39 is 41.4 Å². The lowest BCUT2D eigenvalue weighted by Crippen LogP contribution is -2.45. The van der Waals surface area contributed by atoms with E-state index in [9.17, 15) is 13.6 Å². The van der Waals surface area contributed by atoms with Gasteiger partial charge in [0.15, 0.2) is 11.6 Å². The number of aromatic nitrogens is 5. The van der Waals surface area contributed by atoms with Gasteiger partial charge in [-0.15, -0.1) is 0 Å². The van der Waals surface area contributed by atoms with Crippen molar-refractivity contribution in [3.05, 3.63) is 98.6 Å². The van der Waals surface area contributed by atoms with E-state index in [0.717, 1.165) is 50.3 Å². The van der Waals surface area contributed by atoms with Crippen LogP contribution >= 0.6 is 11.6 Å². The third-order valence-corrected chi connectivity index (χ3v) is 14.7. The number of hydrogen-bond donors (Lipinski definition) is 3. The second kappa shape index (κ2) is 18.1. The Hall–Kier alpha value is -5.22. The Bertz CT molecular complexity index is 2780. The lowest BCUT2D eigenvalue weighted by atomic mass is 9.84. The fourth-order valence-electron chi connectivity index (χ4n) is 10.3. The number of aryl methyl sites for hydroxylation is 2. The highest BCUT2D eigenvalue weighted by atomic mass is 35.5. The van der Waals surface area contributed by atoms with Crippen molar-refractivity contribution in [1.29, 1.82) is 0 Å². The van der Waals surface area contributed by atoms with Crippen LogP contribution in [-0.2, 0) is 20.5 Å². The van der Waals surface area contributed by atoms with Crippen LogP contribution in [0.1, 0.15) is 100 Å². The number of likely N-dealkylation sites (tertiary alicyclic amines) is 1. The molecule has 3 saturated heterocycles. The summed E-state index contributed by atoms with van der Waals surface area (Å²) in [5.74, 6) is -3.95. The molecule has 66 heavy (non-hydrogen) atoms. The Kier molecular flexibility index (Phi) is 12.6. The van der Waals surface area contributed by atoms with Gasteiger partial charge in [-0.2, -0.15) is 10.1 Å². The van der Waals surface area contributed by atoms with Crippen LogP contribution in [0.25, 0.3) is 21.8 Å². The number of nitrogens with zero attached hydrogens (tertiary/aromatic N) is 7. The van der Waals surface area contributed by atoms with E-state index in [1.807, 2.05) is 0 Å². The van der Waals surface area contributed by atoms with E-state index in [2.05, 4.69) is 55.9 Å². The Morgan fingerprint density at radius 3 is 2.39 bits per heavy atom. The average Bonchev–Trinajstić information content (AvgIpc) is 4.14. The van der Waals surface area contributed by atoms with Crippen molar-refractivity contribution in [3.8, 4) is 0 Å². The van der Waals surface area contributed by atoms with Crippen molar-refractivity contribution in [3.63, 3.8) is 0 Å². The molecule has 17 heteroatoms. The molecule has 4 aliphatic heterocycles. The van der Waals surface area contributed by atoms with Crippen molar-refractivity contribution >= 4 is 56.5 Å². The Morgan fingerprint density at radius 1 is 0.955 bits per heavy atom. The molecule has 10 rings (SSSR count). The molecule has 0 bridgehead atoms. The van der Waals surface area contributed by atoms with Crippen LogP contribution in [0.2, 0.25) is 5.02 Å². The maximum Gasteiger partial charge on any atom is 0.267 e. The fraction of sp³-hybridized carbons (Fsp3) is 0.510. The number of benzene rings is 2. The summed E-state index contributed by atoms with van der Waals surface area (Å²) < 4.78 is 80.3. The molecule has 352 valence electrons. The van der Waals surface area contributed by atoms with Crippen molar-refractivity contribution in [2.75, 3.05) is 48.3 Å². The normalized spacial score (nSPS) is 23.5. The molecule has 5 aromatic rings. The summed E-state index contributed by atoms with van der Waals surface area (Å²) in [6.45, 7) is 15.3. The molecule has 7 heterocycles. The molecular weight excluding hydrogens is 875 g/mol. The molecule has 4 atom stereocenters. The molecule has 0 spiro atoms. The minimum absolute atomic E-state index is 0.0135. The largest absolute Gasteiger partial charge is 0.376 e. The van der Waals surface area contributed by atoms with Gasteiger partial charge in [-0.3, -0.25) is 9.48 Å². The van der Waals surface area contributed by atoms with Gasteiger partial charge in [-0.1, -0.05) is 50.9 Å². The molecule has 11 nitrogen and oxygen atoms in total. The first kappa shape index (κ1) is 45.9. The quantitative estimate of drug-likeness (QED) is 0.138. The monoisotopic (exact) mass is 932 g/mol. The summed E-state index contributed by atoms with van der Waals surface area (Å²) in [5.41, 5.74) is 3.02. The zero-order chi connectivity index (χ0) is 46.8. The number of alkyl halides is 2. The fourth-order valence-corrected chi connectivity index (χ4v) is 10.4. The SMILES string of the molecule is C1CC1.C=C1CCC(c2nn(C)c3c(F)c(C4CCN(CC5CCN(c6ncc(Cl)c(Nc7cc8c9c(c(=O)n(C)c8cc7F)CCC(F)(F)C(C)N9)n6)CC5C)CC4)c(F)cc23)C(=C)N1. The molecule has 0 radical (unpaired) electrons. The maximum atomic E-state index is 16.3. The number of anilines is 4. The van der Waals surface area contributed by atoms with E-state index >= 15 is 13.2 Å². The molecule has 0 amide bonds. The van der Waals surface area contributed by atoms with Crippen LogP contribution in [0.3, 0.4) is 0 Å². The zero-order valence-electron chi connectivity index (χ0n) is 38.0. The number of nitrogens with one attached hydrogen (secondary N) is 3. The Balaban J connectivity index is 0.00000175. The van der Waals surface area contributed by atoms with E-state index in [0.29, 0.717) is 59.8 Å². The number of allylic oxidation sites excluding steroid dienone is 2. The first-order valence-corrected chi connectivity index (χ1v) is 23.6. The molecule has 2 aromatic carbocycles. The summed E-state index contributed by atoms with van der Waals surface area (Å²) in [6, 6.07) is 2.92. The van der Waals surface area contributed by atoms with E-state index in [1.165, 1.54) is 66.9 Å². The van der Waals surface area contributed by atoms with Crippen molar-refractivity contribution in [1.82, 2.24) is 34.5 Å². The lowest BCUT2D eigenvalue weighted by Gasteiger charge is -2.41. The predicted molar refractivity (Wildman–Crippen MR) is 252 cm³/mol. The lowest BCUT2D eigenvalue weighted by molar-refractivity contribution is -0.0196. The van der Waals surface area contributed by atoms with Crippen LogP contribution in [0.5, 0.6) is 0 Å². The number of rotatable bonds is 7. The minimum Gasteiger partial charge on any atom is -0.376 e. The van der Waals surface area contributed by atoms with Crippen LogP contribution in [0, 0.1) is 29.3 Å². The van der Waals surface area contributed by atoms with Crippen LogP contribution in [0.15, 0.2) is 53.7 Å². The first-order chi connectivity index (χ1) is 31.5. The van der Waals surface area contributed by atoms with Gasteiger partial charge >= 0.3 is 0 Å². The summed E-state index contributed by atoms with van der Waals surface area (Å²) in [4.78, 5) is 26.9. The van der Waals surface area contributed by atoms with Crippen LogP contribution < -0.4 is 26.4 Å². The Labute approximate surface area is 386 Å². The second-order valence-electron chi connectivity index (χ2n) is 19.1. The molecule has 4 fully saturated rings. The van der Waals surface area contributed by atoms with Crippen molar-refractivity contribution in [2.24, 2.45) is 25.9 Å². The van der Waals surface area contributed by atoms with Gasteiger partial charge in [-0.05, 0) is 88.4 Å². The number of hydrogen-bond acceptors (Lipinski definition) is 9. The van der Waals surface area contributed by atoms with Crippen LogP contribution in [0.4, 0.5) is 45.1 Å². The highest BCUT2D eigenvalue weighted by molar-refractivity contribution is 6.33. The number of piperidine rings is 3. The maximum absolute atomic E-state index is 16.3. The zero-order valence-corrected chi connectivity index (χ0v) is 38.8. The number of halogens is 6. The van der Waals surface area contributed by atoms with Gasteiger partial charge in [0, 0.05) is 85.4 Å². The van der Waals surface area contributed by atoms with Crippen LogP contribution in [-0.4, -0.2) is 73.9 Å². The van der Waals surface area contributed by atoms with Gasteiger partial charge in [0.1, 0.15) is 22.2 Å².